The highest BCUT2D eigenvalue weighted by Crippen LogP contribution is 2.67. The van der Waals surface area contributed by atoms with Gasteiger partial charge in [-0.15, -0.1) is 22.7 Å². The van der Waals surface area contributed by atoms with Gasteiger partial charge in [0.15, 0.2) is 50.0 Å². The SMILES string of the molecule is CCOP(=O)(SC(C)CC)C1CCN/C1=N/[N+](=O)[O-].CN(Cc1ccc(Cl)nc1)/C(N)=N/[N+](=O)[O-].CN1CN(C)/C(=N\[N+](=O)[O-])N(Cc2cnc(Cl)s2)C1.N#CN=C1CCCN1Cc1ccc(Cl)nc1.O=[N+]([O-])/N=C1\NCCN1Cc1ccc(Cl)nc1.O=[N+]([O-])/N=C1\NCOCN1Cc1ccc(Cl)nc1.O=[N+]([O-])/N=C1\NCOCN1Cc1cnc(Cl)s1.O=[N+]([O-])/N=C1\SCCN1Cc1ccc(Cl)nc1. The number of nitrogens with zero attached hydrogens (tertiary/aromatic N) is 32. The van der Waals surface area contributed by atoms with Gasteiger partial charge in [0.2, 0.25) is 11.4 Å². The second-order valence-corrected chi connectivity index (χ2v) is 40.2. The van der Waals surface area contributed by atoms with E-state index in [1.165, 1.54) is 50.7 Å². The molecule has 7 saturated heterocycles. The van der Waals surface area contributed by atoms with Crippen molar-refractivity contribution in [1.29, 1.82) is 5.26 Å². The number of aromatic nitrogens is 7. The van der Waals surface area contributed by atoms with Gasteiger partial charge in [-0.05, 0) is 91.4 Å². The van der Waals surface area contributed by atoms with Crippen LogP contribution in [0.1, 0.15) is 84.0 Å². The zero-order valence-electron chi connectivity index (χ0n) is 74.4. The Hall–Kier alpha value is -12.1. The van der Waals surface area contributed by atoms with Gasteiger partial charge >= 0.3 is 0 Å². The number of ether oxygens (including phenoxy) is 2. The Balaban J connectivity index is 0.000000216. The van der Waals surface area contributed by atoms with Crippen LogP contribution in [0.4, 0.5) is 0 Å². The fourth-order valence-electron chi connectivity index (χ4n) is 12.3. The maximum Gasteiger partial charge on any atom is 0.276 e. The molecule has 7 aliphatic heterocycles. The highest BCUT2D eigenvalue weighted by atomic mass is 35.5. The Kier molecular flexibility index (Phi) is 48.6. The van der Waals surface area contributed by atoms with Crippen LogP contribution in [-0.4, -0.2) is 278 Å². The van der Waals surface area contributed by atoms with E-state index in [-0.39, 0.29) is 61.8 Å². The van der Waals surface area contributed by atoms with E-state index in [0.29, 0.717) is 131 Å². The molecule has 7 aromatic rings. The molecular formula is C72H91Cl7N37O18PS4. The van der Waals surface area contributed by atoms with Gasteiger partial charge in [-0.2, -0.15) is 10.3 Å². The van der Waals surface area contributed by atoms with Gasteiger partial charge in [0.1, 0.15) is 89.7 Å². The number of thiazole rings is 2. The summed E-state index contributed by atoms with van der Waals surface area (Å²) in [6.07, 6.45) is 16.7. The molecule has 7 aliphatic rings. The molecule has 0 aliphatic carbocycles. The summed E-state index contributed by atoms with van der Waals surface area (Å²) in [7, 11) is 5.30. The molecule has 7 aromatic heterocycles. The lowest BCUT2D eigenvalue weighted by molar-refractivity contribution is -0.486. The molecule has 0 spiro atoms. The summed E-state index contributed by atoms with van der Waals surface area (Å²) in [6.45, 7) is 12.1. The van der Waals surface area contributed by atoms with Gasteiger partial charge in [-0.1, -0.05) is 149 Å². The van der Waals surface area contributed by atoms with Gasteiger partial charge < -0.3 is 80.2 Å². The maximum absolute atomic E-state index is 13.0. The van der Waals surface area contributed by atoms with Crippen molar-refractivity contribution in [2.75, 3.05) is 106 Å². The average Bonchev–Trinajstić information content (AvgIpc) is 1.67. The molecule has 67 heteroatoms. The summed E-state index contributed by atoms with van der Waals surface area (Å²) in [4.78, 5) is 122. The largest absolute Gasteiger partial charge is 0.368 e. The van der Waals surface area contributed by atoms with Crippen LogP contribution in [0, 0.1) is 82.3 Å². The Morgan fingerprint density at radius 3 is 1.46 bits per heavy atom. The van der Waals surface area contributed by atoms with Crippen molar-refractivity contribution in [3.05, 3.63) is 247 Å². The number of nitro groups is 7. The molecule has 14 heterocycles. The zero-order chi connectivity index (χ0) is 102. The number of pyridine rings is 5. The van der Waals surface area contributed by atoms with Crippen molar-refractivity contribution in [2.45, 2.75) is 103 Å². The molecule has 6 N–H and O–H groups in total. The van der Waals surface area contributed by atoms with Crippen molar-refractivity contribution in [2.24, 2.45) is 46.4 Å². The third kappa shape index (κ3) is 42.2. The van der Waals surface area contributed by atoms with Crippen LogP contribution < -0.4 is 27.0 Å². The number of hydrazone groups is 7. The Morgan fingerprint density at radius 2 is 1.02 bits per heavy atom. The Bertz CT molecular complexity index is 5500. The van der Waals surface area contributed by atoms with E-state index >= 15 is 0 Å². The van der Waals surface area contributed by atoms with Gasteiger partial charge in [-0.3, -0.25) is 9.46 Å². The number of aliphatic imine (C=N–C) groups is 1. The lowest BCUT2D eigenvalue weighted by Gasteiger charge is -2.39. The number of nitrogens with two attached hydrogens (primary N) is 1. The number of hydrogen-bond acceptors (Lipinski definition) is 32. The monoisotopic (exact) mass is 2170 g/mol. The molecule has 139 heavy (non-hydrogen) atoms. The second kappa shape index (κ2) is 59.3. The third-order valence-electron chi connectivity index (χ3n) is 18.3. The summed E-state index contributed by atoms with van der Waals surface area (Å²) >= 11 is 45.2. The van der Waals surface area contributed by atoms with Crippen LogP contribution in [0.3, 0.4) is 0 Å². The number of rotatable bonds is 27. The van der Waals surface area contributed by atoms with Gasteiger partial charge in [0.05, 0.1) is 43.2 Å². The standard InChI is InChI=1S/C11H11ClN4.C10H20N3O4PS.C9H13ClN6O2S.C9H10ClN5O3.C9H10ClN5O2.C9H9ClN4O2S.C8H10ClN5O2.C7H8ClN5O3S/c12-10-4-3-9(6-14-10)7-16-5-1-2-11(16)15-8-13;1-4-8(3)19-18(16,17-5-2)9-6-7-11-10(9)12-13(14)15;1-13-5-14(2)9(12-16(17)18)15(6-13)4-7-3-11-8(10)19-7;10-8-2-1-7(3-11-8)4-14-6-18-5-12-9(14)13-15(16)17;10-8-2-1-7(5-12-8)6-14-4-3-11-9(14)13-15(16)17;10-8-2-1-7(5-11-8)6-13-3-4-17-9(13)12-14(15)16;1-13(8(10)12-14(15)16)5-6-2-3-7(9)11-4-6;8-6-9-1-5(17-6)2-12-4-16-3-10-7(12)11-13(14)15/h3-4,6H,1-2,5,7H2;8-9H,4-7H2,1-3H3,(H,11,12);3H,4-6H2,1-2H3;1-3H,4-6H2,(H,12,13);1-2,5H,3-4,6H2,(H,11,13);1-2,5H,3-4,6H2;2-4H,5H2,1H3,(H2,10,12);1H,2-4H2,(H,10,11)/b;;12-9+;;;12-9-;;. The quantitative estimate of drug-likeness (QED) is 0.00607. The topological polar surface area (TPSA) is 663 Å². The molecule has 7 fully saturated rings. The molecule has 0 radical (unpaired) electrons. The molecular weight excluding hydrogens is 2080 g/mol. The maximum atomic E-state index is 13.0. The molecule has 3 unspecified atom stereocenters. The number of nitrogens with one attached hydrogen (secondary N) is 4. The first-order chi connectivity index (χ1) is 66.2. The second-order valence-electron chi connectivity index (χ2n) is 28.6. The van der Waals surface area contributed by atoms with Crippen molar-refractivity contribution in [3.63, 3.8) is 0 Å². The van der Waals surface area contributed by atoms with E-state index in [1.54, 1.807) is 126 Å². The summed E-state index contributed by atoms with van der Waals surface area (Å²) in [6, 6.07) is 17.6. The van der Waals surface area contributed by atoms with Crippen LogP contribution in [0.15, 0.2) is 145 Å². The predicted molar refractivity (Wildman–Crippen MR) is 524 cm³/mol. The summed E-state index contributed by atoms with van der Waals surface area (Å²) in [5.74, 6) is 2.66. The highest BCUT2D eigenvalue weighted by Gasteiger charge is 2.44. The number of thioether (sulfide) groups is 1. The van der Waals surface area contributed by atoms with Gasteiger partial charge in [-0.25, -0.2) is 106 Å². The molecule has 14 rings (SSSR count). The number of likely N-dealkylation sites (tertiary alicyclic amines) is 1. The highest BCUT2D eigenvalue weighted by molar-refractivity contribution is 8.57. The lowest BCUT2D eigenvalue weighted by atomic mass is 10.3. The number of guanidine groups is 5. The van der Waals surface area contributed by atoms with E-state index in [1.807, 2.05) is 60.0 Å². The van der Waals surface area contributed by atoms with E-state index in [0.717, 1.165) is 88.1 Å². The zero-order valence-corrected chi connectivity index (χ0v) is 83.9. The van der Waals surface area contributed by atoms with Crippen LogP contribution in [0.25, 0.3) is 0 Å². The fourth-order valence-corrected chi connectivity index (χ4v) is 21.6. The minimum absolute atomic E-state index is 0.167. The molecule has 55 nitrogen and oxygen atoms in total. The first kappa shape index (κ1) is 114. The lowest BCUT2D eigenvalue weighted by Crippen LogP contribution is -2.55. The third-order valence-corrected chi connectivity index (χ3v) is 28.5. The van der Waals surface area contributed by atoms with Crippen molar-refractivity contribution >= 4 is 180 Å². The smallest absolute Gasteiger partial charge is 0.276 e. The normalized spacial score (nSPS) is 18.3. The minimum atomic E-state index is -3.03. The van der Waals surface area contributed by atoms with Crippen LogP contribution in [-0.2, 0) is 64.4 Å². The summed E-state index contributed by atoms with van der Waals surface area (Å²) < 4.78 is 29.6. The van der Waals surface area contributed by atoms with Gasteiger partial charge in [0, 0.05) is 150 Å². The van der Waals surface area contributed by atoms with Crippen molar-refractivity contribution in [3.8, 4) is 6.19 Å². The van der Waals surface area contributed by atoms with E-state index in [2.05, 4.69) is 102 Å². The van der Waals surface area contributed by atoms with E-state index in [9.17, 15) is 75.4 Å². The Morgan fingerprint density at radius 1 is 0.568 bits per heavy atom. The number of halogens is 7. The Labute approximate surface area is 843 Å². The molecule has 3 atom stereocenters. The van der Waals surface area contributed by atoms with Crippen LogP contribution in [0.2, 0.25) is 34.7 Å². The number of nitriles is 1. The number of hydrogen-bond donors (Lipinski definition) is 5. The molecule has 0 bridgehead atoms. The first-order valence-corrected chi connectivity index (χ1v) is 49.0. The fraction of sp³-hybridized carbons (Fsp3) is 0.444. The molecule has 0 amide bonds. The van der Waals surface area contributed by atoms with Crippen LogP contribution in [0.5, 0.6) is 0 Å². The minimum Gasteiger partial charge on any atom is -0.368 e. The molecule has 750 valence electrons. The first-order valence-electron chi connectivity index (χ1n) is 40.6. The predicted octanol–water partition coefficient (Wildman–Crippen LogP) is 10.3. The molecule has 0 aromatic carbocycles. The molecule has 0 saturated carbocycles. The van der Waals surface area contributed by atoms with Crippen LogP contribution >= 0.6 is 134 Å². The number of amidine groups is 3. The van der Waals surface area contributed by atoms with Gasteiger partial charge in [0.25, 0.3) is 36.4 Å². The van der Waals surface area contributed by atoms with Crippen molar-refractivity contribution < 1.29 is 53.8 Å². The van der Waals surface area contributed by atoms with E-state index in [4.69, 9.17) is 106 Å². The van der Waals surface area contributed by atoms with Crippen molar-refractivity contribution in [1.82, 2.24) is 100 Å². The average molecular weight is 2170 g/mol. The van der Waals surface area contributed by atoms with E-state index < -0.39 is 47.5 Å². The summed E-state index contributed by atoms with van der Waals surface area (Å²) in [5, 5.41) is 113. The summed E-state index contributed by atoms with van der Waals surface area (Å²) in [5.41, 5.74) is 9.52.